The summed E-state index contributed by atoms with van der Waals surface area (Å²) < 4.78 is 0. The minimum atomic E-state index is -0.576. The highest BCUT2D eigenvalue weighted by molar-refractivity contribution is 5.86. The normalized spacial score (nSPS) is 15.7. The first-order valence-corrected chi connectivity index (χ1v) is 9.14. The lowest BCUT2D eigenvalue weighted by molar-refractivity contribution is -0.122. The zero-order valence-electron chi connectivity index (χ0n) is 16.4. The van der Waals surface area contributed by atoms with Crippen molar-refractivity contribution in [1.29, 1.82) is 0 Å². The molecule has 1 atom stereocenters. The van der Waals surface area contributed by atoms with Crippen molar-refractivity contribution in [3.63, 3.8) is 0 Å². The molecule has 1 heterocycles. The number of nitrogens with zero attached hydrogens (tertiary/aromatic N) is 2. The molecule has 27 heavy (non-hydrogen) atoms. The fourth-order valence-electron chi connectivity index (χ4n) is 3.04. The van der Waals surface area contributed by atoms with Crippen LogP contribution in [0.3, 0.4) is 0 Å². The van der Waals surface area contributed by atoms with E-state index in [1.54, 1.807) is 0 Å². The highest BCUT2D eigenvalue weighted by Crippen LogP contribution is 2.11. The van der Waals surface area contributed by atoms with Gasteiger partial charge in [-0.15, -0.1) is 37.2 Å². The van der Waals surface area contributed by atoms with Crippen molar-refractivity contribution >= 4 is 43.1 Å². The summed E-state index contributed by atoms with van der Waals surface area (Å²) >= 11 is 0. The number of piperazine rings is 1. The second-order valence-electron chi connectivity index (χ2n) is 6.66. The van der Waals surface area contributed by atoms with Crippen LogP contribution in [0.4, 0.5) is 0 Å². The second-order valence-corrected chi connectivity index (χ2v) is 6.66. The molecule has 0 aromatic heterocycles. The lowest BCUT2D eigenvalue weighted by atomic mass is 10.1. The molecule has 1 amide bonds. The zero-order valence-corrected chi connectivity index (χ0v) is 18.8. The fraction of sp³-hybridized carbons (Fsp3) is 0.632. The first-order valence-electron chi connectivity index (χ1n) is 9.14. The Bertz CT molecular complexity index is 508. The summed E-state index contributed by atoms with van der Waals surface area (Å²) in [6.07, 6.45) is 2.12. The first kappa shape index (κ1) is 28.6. The Morgan fingerprint density at radius 2 is 1.59 bits per heavy atom. The molecule has 1 aromatic carbocycles. The van der Waals surface area contributed by atoms with Gasteiger partial charge in [0.15, 0.2) is 0 Å². The Hall–Kier alpha value is -0.560. The van der Waals surface area contributed by atoms with Crippen LogP contribution in [0.5, 0.6) is 0 Å². The van der Waals surface area contributed by atoms with Crippen LogP contribution in [0, 0.1) is 6.92 Å². The summed E-state index contributed by atoms with van der Waals surface area (Å²) in [4.78, 5) is 17.1. The molecule has 0 radical (unpaired) electrons. The molecule has 0 aliphatic carbocycles. The van der Waals surface area contributed by atoms with E-state index in [-0.39, 0.29) is 43.1 Å². The molecule has 1 aliphatic heterocycles. The van der Waals surface area contributed by atoms with Gasteiger partial charge in [0.25, 0.3) is 0 Å². The van der Waals surface area contributed by atoms with Crippen LogP contribution in [-0.4, -0.2) is 61.5 Å². The minimum absolute atomic E-state index is 0. The number of halogens is 3. The summed E-state index contributed by atoms with van der Waals surface area (Å²) in [5.74, 6) is -0.0876. The molecule has 5 nitrogen and oxygen atoms in total. The van der Waals surface area contributed by atoms with Gasteiger partial charge in [0.05, 0.1) is 0 Å². The van der Waals surface area contributed by atoms with E-state index in [1.807, 2.05) is 31.2 Å². The molecule has 8 heteroatoms. The number of rotatable bonds is 8. The van der Waals surface area contributed by atoms with Gasteiger partial charge in [0.1, 0.15) is 6.04 Å². The van der Waals surface area contributed by atoms with Gasteiger partial charge in [-0.2, -0.15) is 0 Å². The monoisotopic (exact) mass is 440 g/mol. The number of benzene rings is 1. The summed E-state index contributed by atoms with van der Waals surface area (Å²) in [5.41, 5.74) is 8.06. The van der Waals surface area contributed by atoms with Crippen molar-refractivity contribution in [2.45, 2.75) is 32.7 Å². The van der Waals surface area contributed by atoms with Gasteiger partial charge in [-0.3, -0.25) is 4.79 Å². The van der Waals surface area contributed by atoms with E-state index in [0.29, 0.717) is 6.54 Å². The number of hydrogen-bond acceptors (Lipinski definition) is 4. The van der Waals surface area contributed by atoms with E-state index < -0.39 is 6.04 Å². The van der Waals surface area contributed by atoms with Crippen LogP contribution in [0.15, 0.2) is 24.3 Å². The van der Waals surface area contributed by atoms with Gasteiger partial charge in [0.2, 0.25) is 5.91 Å². The number of unbranched alkanes of at least 4 members (excludes halogenated alkanes) is 1. The third-order valence-corrected chi connectivity index (χ3v) is 4.83. The Kier molecular flexibility index (Phi) is 16.3. The maximum absolute atomic E-state index is 12.1. The van der Waals surface area contributed by atoms with E-state index in [2.05, 4.69) is 22.0 Å². The van der Waals surface area contributed by atoms with E-state index in [0.717, 1.165) is 31.5 Å². The van der Waals surface area contributed by atoms with E-state index in [1.165, 1.54) is 31.7 Å². The summed E-state index contributed by atoms with van der Waals surface area (Å²) in [6, 6.07) is 7.25. The van der Waals surface area contributed by atoms with E-state index >= 15 is 0 Å². The molecule has 0 saturated carbocycles. The standard InChI is InChI=1S/C19H32N4O.3ClH/c1-3-22-12-14-23(15-13-22)11-5-4-10-21-19(24)18(20)17-8-6-16(2)7-9-17;;;/h6-9,18H,3-5,10-15,20H2,1-2H3,(H,21,24);3*1H. The molecule has 158 valence electrons. The fourth-order valence-corrected chi connectivity index (χ4v) is 3.04. The number of carbonyl (C=O) groups is 1. The number of nitrogens with two attached hydrogens (primary N) is 1. The SMILES string of the molecule is CCN1CCN(CCCCNC(=O)C(N)c2ccc(C)cc2)CC1.Cl.Cl.Cl. The van der Waals surface area contributed by atoms with Crippen molar-refractivity contribution in [1.82, 2.24) is 15.1 Å². The van der Waals surface area contributed by atoms with Crippen molar-refractivity contribution in [3.05, 3.63) is 35.4 Å². The molecule has 1 unspecified atom stereocenters. The number of amides is 1. The Morgan fingerprint density at radius 1 is 1.04 bits per heavy atom. The number of carbonyl (C=O) groups excluding carboxylic acids is 1. The highest BCUT2D eigenvalue weighted by Gasteiger charge is 2.16. The number of hydrogen-bond donors (Lipinski definition) is 2. The van der Waals surface area contributed by atoms with Crippen LogP contribution in [-0.2, 0) is 4.79 Å². The second kappa shape index (κ2) is 15.4. The van der Waals surface area contributed by atoms with E-state index in [4.69, 9.17) is 5.73 Å². The van der Waals surface area contributed by atoms with Gasteiger partial charge in [-0.05, 0) is 38.4 Å². The summed E-state index contributed by atoms with van der Waals surface area (Å²) in [7, 11) is 0. The number of aryl methyl sites for hydroxylation is 1. The lowest BCUT2D eigenvalue weighted by Gasteiger charge is -2.34. The molecule has 1 saturated heterocycles. The number of likely N-dealkylation sites (N-methyl/N-ethyl adjacent to an activating group) is 1. The summed E-state index contributed by atoms with van der Waals surface area (Å²) in [5, 5.41) is 2.96. The molecule has 3 N–H and O–H groups in total. The molecule has 1 aliphatic rings. The third kappa shape index (κ3) is 9.97. The van der Waals surface area contributed by atoms with Crippen molar-refractivity contribution < 1.29 is 4.79 Å². The first-order chi connectivity index (χ1) is 11.6. The Morgan fingerprint density at radius 3 is 2.15 bits per heavy atom. The van der Waals surface area contributed by atoms with Crippen LogP contribution >= 0.6 is 37.2 Å². The van der Waals surface area contributed by atoms with Crippen molar-refractivity contribution in [2.24, 2.45) is 5.73 Å². The molecular weight excluding hydrogens is 407 g/mol. The average Bonchev–Trinajstić information content (AvgIpc) is 2.62. The smallest absolute Gasteiger partial charge is 0.241 e. The third-order valence-electron chi connectivity index (χ3n) is 4.83. The average molecular weight is 442 g/mol. The van der Waals surface area contributed by atoms with Crippen LogP contribution < -0.4 is 11.1 Å². The van der Waals surface area contributed by atoms with Gasteiger partial charge in [-0.1, -0.05) is 36.8 Å². The minimum Gasteiger partial charge on any atom is -0.354 e. The van der Waals surface area contributed by atoms with Crippen LogP contribution in [0.2, 0.25) is 0 Å². The lowest BCUT2D eigenvalue weighted by Crippen LogP contribution is -2.46. The van der Waals surface area contributed by atoms with Gasteiger partial charge in [-0.25, -0.2) is 0 Å². The molecular formula is C19H35Cl3N4O. The van der Waals surface area contributed by atoms with Crippen molar-refractivity contribution in [3.8, 4) is 0 Å². The van der Waals surface area contributed by atoms with Gasteiger partial charge >= 0.3 is 0 Å². The molecule has 0 spiro atoms. The van der Waals surface area contributed by atoms with Gasteiger partial charge < -0.3 is 20.9 Å². The molecule has 1 fully saturated rings. The molecule has 2 rings (SSSR count). The predicted molar refractivity (Wildman–Crippen MR) is 121 cm³/mol. The highest BCUT2D eigenvalue weighted by atomic mass is 35.5. The van der Waals surface area contributed by atoms with Crippen LogP contribution in [0.1, 0.15) is 36.9 Å². The predicted octanol–water partition coefficient (Wildman–Crippen LogP) is 2.79. The Labute approximate surface area is 182 Å². The zero-order chi connectivity index (χ0) is 17.4. The molecule has 1 aromatic rings. The largest absolute Gasteiger partial charge is 0.354 e. The summed E-state index contributed by atoms with van der Waals surface area (Å²) in [6.45, 7) is 11.9. The maximum atomic E-state index is 12.1. The molecule has 0 bridgehead atoms. The van der Waals surface area contributed by atoms with Crippen LogP contribution in [0.25, 0.3) is 0 Å². The van der Waals surface area contributed by atoms with Gasteiger partial charge in [0, 0.05) is 32.7 Å². The quantitative estimate of drug-likeness (QED) is 0.609. The maximum Gasteiger partial charge on any atom is 0.241 e. The van der Waals surface area contributed by atoms with Crippen molar-refractivity contribution in [2.75, 3.05) is 45.8 Å². The number of nitrogens with one attached hydrogen (secondary N) is 1. The topological polar surface area (TPSA) is 61.6 Å². The Balaban J connectivity index is 0. The van der Waals surface area contributed by atoms with E-state index in [9.17, 15) is 4.79 Å².